The van der Waals surface area contributed by atoms with Crippen LogP contribution in [0.4, 0.5) is 0 Å². The Hall–Kier alpha value is -0.390. The highest BCUT2D eigenvalue weighted by atomic mass is 79.9. The molecule has 1 aromatic rings. The highest BCUT2D eigenvalue weighted by Gasteiger charge is 2.14. The van der Waals surface area contributed by atoms with Crippen LogP contribution in [0, 0.1) is 0 Å². The molecule has 94 valence electrons. The average molecular weight is 365 g/mol. The summed E-state index contributed by atoms with van der Waals surface area (Å²) in [5, 5.41) is 8.85. The maximum Gasteiger partial charge on any atom is 0.317 e. The first-order valence-electron chi connectivity index (χ1n) is 5.30. The van der Waals surface area contributed by atoms with Crippen LogP contribution in [-0.4, -0.2) is 28.6 Å². The van der Waals surface area contributed by atoms with Gasteiger partial charge >= 0.3 is 5.97 Å². The Morgan fingerprint density at radius 1 is 1.35 bits per heavy atom. The maximum absolute atomic E-state index is 10.8. The van der Waals surface area contributed by atoms with Crippen molar-refractivity contribution in [3.8, 4) is 0 Å². The lowest BCUT2D eigenvalue weighted by Crippen LogP contribution is -2.35. The lowest BCUT2D eigenvalue weighted by molar-refractivity contribution is -0.138. The third-order valence-corrected chi connectivity index (χ3v) is 4.32. The van der Waals surface area contributed by atoms with Crippen LogP contribution in [0.3, 0.4) is 0 Å². The molecule has 0 radical (unpaired) electrons. The van der Waals surface area contributed by atoms with Crippen molar-refractivity contribution in [2.45, 2.75) is 26.4 Å². The molecule has 0 heterocycles. The standard InChI is InChI=1S/C12H15Br2NO2/c1-8(2)15(7-12(16)17)6-9-3-4-10(13)11(14)5-9/h3-5,8H,6-7H2,1-2H3,(H,16,17). The summed E-state index contributed by atoms with van der Waals surface area (Å²) in [7, 11) is 0. The van der Waals surface area contributed by atoms with Crippen LogP contribution in [-0.2, 0) is 11.3 Å². The van der Waals surface area contributed by atoms with E-state index in [1.807, 2.05) is 36.9 Å². The SMILES string of the molecule is CC(C)N(CC(=O)O)Cc1ccc(Br)c(Br)c1. The number of carboxylic acid groups (broad SMARTS) is 1. The van der Waals surface area contributed by atoms with Gasteiger partial charge < -0.3 is 5.11 Å². The Kier molecular flexibility index (Phi) is 5.62. The predicted octanol–water partition coefficient (Wildman–Crippen LogP) is 3.51. The maximum atomic E-state index is 10.8. The Balaban J connectivity index is 2.78. The molecule has 0 aliphatic carbocycles. The van der Waals surface area contributed by atoms with Gasteiger partial charge in [0, 0.05) is 21.5 Å². The fourth-order valence-corrected chi connectivity index (χ4v) is 2.14. The molecule has 1 rings (SSSR count). The highest BCUT2D eigenvalue weighted by Crippen LogP contribution is 2.24. The van der Waals surface area contributed by atoms with Crippen LogP contribution in [0.2, 0.25) is 0 Å². The molecule has 0 aliphatic rings. The van der Waals surface area contributed by atoms with Crippen LogP contribution < -0.4 is 0 Å². The lowest BCUT2D eigenvalue weighted by atomic mass is 10.2. The van der Waals surface area contributed by atoms with Gasteiger partial charge in [-0.1, -0.05) is 6.07 Å². The summed E-state index contributed by atoms with van der Waals surface area (Å²) in [6, 6.07) is 6.15. The van der Waals surface area contributed by atoms with E-state index in [1.165, 1.54) is 0 Å². The Labute approximate surface area is 118 Å². The minimum Gasteiger partial charge on any atom is -0.480 e. The van der Waals surface area contributed by atoms with Crippen molar-refractivity contribution >= 4 is 37.8 Å². The molecule has 0 spiro atoms. The van der Waals surface area contributed by atoms with Gasteiger partial charge in [0.1, 0.15) is 0 Å². The first-order chi connectivity index (χ1) is 7.90. The summed E-state index contributed by atoms with van der Waals surface area (Å²) in [6.45, 7) is 4.69. The van der Waals surface area contributed by atoms with Gasteiger partial charge in [-0.3, -0.25) is 9.69 Å². The molecule has 0 atom stereocenters. The molecule has 3 nitrogen and oxygen atoms in total. The summed E-state index contributed by atoms with van der Waals surface area (Å²) in [5.41, 5.74) is 1.09. The van der Waals surface area contributed by atoms with E-state index < -0.39 is 5.97 Å². The molecule has 1 aromatic carbocycles. The molecule has 0 aromatic heterocycles. The zero-order valence-electron chi connectivity index (χ0n) is 9.78. The second kappa shape index (κ2) is 6.52. The quantitative estimate of drug-likeness (QED) is 0.869. The molecule has 0 bridgehead atoms. The molecule has 0 saturated heterocycles. The molecular formula is C12H15Br2NO2. The lowest BCUT2D eigenvalue weighted by Gasteiger charge is -2.24. The van der Waals surface area contributed by atoms with E-state index in [0.29, 0.717) is 6.54 Å². The van der Waals surface area contributed by atoms with Gasteiger partial charge in [-0.15, -0.1) is 0 Å². The number of carboxylic acids is 1. The first-order valence-corrected chi connectivity index (χ1v) is 6.88. The average Bonchev–Trinajstić information content (AvgIpc) is 2.21. The third kappa shape index (κ3) is 4.77. The van der Waals surface area contributed by atoms with Gasteiger partial charge in [-0.2, -0.15) is 0 Å². The van der Waals surface area contributed by atoms with Crippen LogP contribution >= 0.6 is 31.9 Å². The first kappa shape index (κ1) is 14.7. The van der Waals surface area contributed by atoms with Gasteiger partial charge in [-0.05, 0) is 63.4 Å². The van der Waals surface area contributed by atoms with Gasteiger partial charge in [-0.25, -0.2) is 0 Å². The monoisotopic (exact) mass is 363 g/mol. The largest absolute Gasteiger partial charge is 0.480 e. The van der Waals surface area contributed by atoms with Crippen LogP contribution in [0.5, 0.6) is 0 Å². The Bertz CT molecular complexity index is 407. The van der Waals surface area contributed by atoms with E-state index in [-0.39, 0.29) is 12.6 Å². The van der Waals surface area contributed by atoms with E-state index in [0.717, 1.165) is 14.5 Å². The second-order valence-corrected chi connectivity index (χ2v) is 5.85. The predicted molar refractivity (Wildman–Crippen MR) is 75.0 cm³/mol. The molecule has 0 aliphatic heterocycles. The fourth-order valence-electron chi connectivity index (χ4n) is 1.47. The van der Waals surface area contributed by atoms with Crippen molar-refractivity contribution < 1.29 is 9.90 Å². The molecule has 0 unspecified atom stereocenters. The van der Waals surface area contributed by atoms with E-state index in [4.69, 9.17) is 5.11 Å². The van der Waals surface area contributed by atoms with E-state index in [1.54, 1.807) is 0 Å². The number of benzene rings is 1. The molecule has 0 fully saturated rings. The van der Waals surface area contributed by atoms with Crippen molar-refractivity contribution in [1.29, 1.82) is 0 Å². The number of nitrogens with zero attached hydrogens (tertiary/aromatic N) is 1. The normalized spacial score (nSPS) is 11.2. The smallest absolute Gasteiger partial charge is 0.317 e. The van der Waals surface area contributed by atoms with Crippen LogP contribution in [0.15, 0.2) is 27.1 Å². The topological polar surface area (TPSA) is 40.5 Å². The molecule has 1 N–H and O–H groups in total. The number of hydrogen-bond acceptors (Lipinski definition) is 2. The number of carbonyl (C=O) groups is 1. The number of rotatable bonds is 5. The van der Waals surface area contributed by atoms with Crippen molar-refractivity contribution in [3.05, 3.63) is 32.7 Å². The molecular weight excluding hydrogens is 350 g/mol. The summed E-state index contributed by atoms with van der Waals surface area (Å²) >= 11 is 6.85. The van der Waals surface area contributed by atoms with Gasteiger partial charge in [0.15, 0.2) is 0 Å². The van der Waals surface area contributed by atoms with E-state index >= 15 is 0 Å². The van der Waals surface area contributed by atoms with Crippen molar-refractivity contribution in [2.75, 3.05) is 6.54 Å². The van der Waals surface area contributed by atoms with Crippen LogP contribution in [0.25, 0.3) is 0 Å². The zero-order valence-corrected chi connectivity index (χ0v) is 13.0. The number of aliphatic carboxylic acids is 1. The Morgan fingerprint density at radius 2 is 2.00 bits per heavy atom. The van der Waals surface area contributed by atoms with E-state index in [9.17, 15) is 4.79 Å². The second-order valence-electron chi connectivity index (χ2n) is 4.14. The van der Waals surface area contributed by atoms with Crippen LogP contribution in [0.1, 0.15) is 19.4 Å². The molecule has 0 saturated carbocycles. The zero-order chi connectivity index (χ0) is 13.0. The fraction of sp³-hybridized carbons (Fsp3) is 0.417. The minimum atomic E-state index is -0.796. The summed E-state index contributed by atoms with van der Waals surface area (Å²) in [6.07, 6.45) is 0. The van der Waals surface area contributed by atoms with Crippen molar-refractivity contribution in [1.82, 2.24) is 4.90 Å². The highest BCUT2D eigenvalue weighted by molar-refractivity contribution is 9.13. The summed E-state index contributed by atoms with van der Waals surface area (Å²) in [5.74, 6) is -0.796. The van der Waals surface area contributed by atoms with Crippen molar-refractivity contribution in [2.24, 2.45) is 0 Å². The minimum absolute atomic E-state index is 0.0609. The van der Waals surface area contributed by atoms with Crippen molar-refractivity contribution in [3.63, 3.8) is 0 Å². The molecule has 0 amide bonds. The molecule has 5 heteroatoms. The number of hydrogen-bond donors (Lipinski definition) is 1. The number of halogens is 2. The molecule has 17 heavy (non-hydrogen) atoms. The van der Waals surface area contributed by atoms with Gasteiger partial charge in [0.2, 0.25) is 0 Å². The van der Waals surface area contributed by atoms with E-state index in [2.05, 4.69) is 31.9 Å². The van der Waals surface area contributed by atoms with Gasteiger partial charge in [0.05, 0.1) is 6.54 Å². The van der Waals surface area contributed by atoms with Gasteiger partial charge in [0.25, 0.3) is 0 Å². The summed E-state index contributed by atoms with van der Waals surface area (Å²) < 4.78 is 1.98. The summed E-state index contributed by atoms with van der Waals surface area (Å²) in [4.78, 5) is 12.7. The Morgan fingerprint density at radius 3 is 2.47 bits per heavy atom. The third-order valence-electron chi connectivity index (χ3n) is 2.44.